The van der Waals surface area contributed by atoms with E-state index in [1.165, 1.54) is 11.1 Å². The number of amides is 2. The van der Waals surface area contributed by atoms with Gasteiger partial charge in [0.1, 0.15) is 12.1 Å². The molecule has 2 heterocycles. The largest absolute Gasteiger partial charge is 0.350 e. The highest BCUT2D eigenvalue weighted by Gasteiger charge is 2.20. The lowest BCUT2D eigenvalue weighted by molar-refractivity contribution is -0.123. The van der Waals surface area contributed by atoms with E-state index in [0.29, 0.717) is 17.9 Å². The van der Waals surface area contributed by atoms with Crippen LogP contribution in [0.3, 0.4) is 0 Å². The Bertz CT molecular complexity index is 687. The fraction of sp³-hybridized carbons (Fsp3) is 0.412. The molecule has 7 heteroatoms. The van der Waals surface area contributed by atoms with Crippen LogP contribution in [0.5, 0.6) is 0 Å². The SMILES string of the molecule is CCN(CC(=O)NC(C)(C)C)C(=O)c1ccc(-n2ccnc2)nc1. The van der Waals surface area contributed by atoms with Crippen molar-refractivity contribution < 1.29 is 9.59 Å². The van der Waals surface area contributed by atoms with Gasteiger partial charge in [0.15, 0.2) is 0 Å². The van der Waals surface area contributed by atoms with Crippen LogP contribution in [0.25, 0.3) is 5.82 Å². The van der Waals surface area contributed by atoms with Crippen molar-refractivity contribution in [1.82, 2.24) is 24.8 Å². The van der Waals surface area contributed by atoms with Gasteiger partial charge in [-0.1, -0.05) is 0 Å². The van der Waals surface area contributed by atoms with Crippen molar-refractivity contribution in [2.75, 3.05) is 13.1 Å². The number of rotatable bonds is 5. The Morgan fingerprint density at radius 1 is 1.29 bits per heavy atom. The number of hydrogen-bond donors (Lipinski definition) is 1. The molecule has 7 nitrogen and oxygen atoms in total. The second-order valence-corrected chi connectivity index (χ2v) is 6.49. The molecule has 0 aromatic carbocycles. The molecule has 2 aromatic heterocycles. The minimum absolute atomic E-state index is 0.0237. The molecule has 0 radical (unpaired) electrons. The van der Waals surface area contributed by atoms with Crippen LogP contribution in [0, 0.1) is 0 Å². The number of nitrogens with zero attached hydrogens (tertiary/aromatic N) is 4. The van der Waals surface area contributed by atoms with Gasteiger partial charge in [0.25, 0.3) is 5.91 Å². The van der Waals surface area contributed by atoms with E-state index in [9.17, 15) is 9.59 Å². The minimum atomic E-state index is -0.326. The van der Waals surface area contributed by atoms with Crippen LogP contribution in [-0.2, 0) is 4.79 Å². The highest BCUT2D eigenvalue weighted by molar-refractivity contribution is 5.96. The van der Waals surface area contributed by atoms with Crippen LogP contribution in [0.15, 0.2) is 37.1 Å². The number of aromatic nitrogens is 3. The van der Waals surface area contributed by atoms with Crippen LogP contribution in [-0.4, -0.2) is 49.9 Å². The number of carbonyl (C=O) groups is 2. The molecule has 128 valence electrons. The van der Waals surface area contributed by atoms with E-state index in [1.54, 1.807) is 35.4 Å². The first kappa shape index (κ1) is 17.7. The van der Waals surface area contributed by atoms with Gasteiger partial charge in [-0.15, -0.1) is 0 Å². The van der Waals surface area contributed by atoms with Crippen molar-refractivity contribution in [1.29, 1.82) is 0 Å². The number of likely N-dealkylation sites (N-methyl/N-ethyl adjacent to an activating group) is 1. The smallest absolute Gasteiger partial charge is 0.255 e. The van der Waals surface area contributed by atoms with Crippen molar-refractivity contribution in [3.8, 4) is 5.82 Å². The van der Waals surface area contributed by atoms with Crippen LogP contribution in [0.2, 0.25) is 0 Å². The molecule has 24 heavy (non-hydrogen) atoms. The topological polar surface area (TPSA) is 80.1 Å². The van der Waals surface area contributed by atoms with E-state index >= 15 is 0 Å². The molecule has 0 unspecified atom stereocenters. The Morgan fingerprint density at radius 2 is 2.04 bits per heavy atom. The summed E-state index contributed by atoms with van der Waals surface area (Å²) < 4.78 is 1.75. The molecule has 0 saturated heterocycles. The van der Waals surface area contributed by atoms with Gasteiger partial charge in [0.05, 0.1) is 12.1 Å². The van der Waals surface area contributed by atoms with Gasteiger partial charge in [0, 0.05) is 30.7 Å². The lowest BCUT2D eigenvalue weighted by Crippen LogP contribution is -2.47. The van der Waals surface area contributed by atoms with Crippen LogP contribution in [0.1, 0.15) is 38.1 Å². The third kappa shape index (κ3) is 4.65. The van der Waals surface area contributed by atoms with E-state index in [1.807, 2.05) is 27.7 Å². The summed E-state index contributed by atoms with van der Waals surface area (Å²) in [5.74, 6) is 0.282. The molecule has 0 aliphatic carbocycles. The minimum Gasteiger partial charge on any atom is -0.350 e. The highest BCUT2D eigenvalue weighted by Crippen LogP contribution is 2.08. The molecule has 2 amide bonds. The van der Waals surface area contributed by atoms with E-state index < -0.39 is 0 Å². The second kappa shape index (κ2) is 7.25. The van der Waals surface area contributed by atoms with Gasteiger partial charge in [-0.3, -0.25) is 14.2 Å². The number of pyridine rings is 1. The maximum Gasteiger partial charge on any atom is 0.255 e. The Morgan fingerprint density at radius 3 is 2.54 bits per heavy atom. The molecule has 0 aliphatic heterocycles. The quantitative estimate of drug-likeness (QED) is 0.904. The molecule has 0 fully saturated rings. The predicted molar refractivity (Wildman–Crippen MR) is 90.8 cm³/mol. The van der Waals surface area contributed by atoms with Gasteiger partial charge in [0.2, 0.25) is 5.91 Å². The maximum absolute atomic E-state index is 12.6. The van der Waals surface area contributed by atoms with Gasteiger partial charge in [-0.25, -0.2) is 9.97 Å². The lowest BCUT2D eigenvalue weighted by Gasteiger charge is -2.25. The Balaban J connectivity index is 2.06. The normalized spacial score (nSPS) is 11.2. The first-order valence-electron chi connectivity index (χ1n) is 7.85. The standard InChI is InChI=1S/C17H23N5O2/c1-5-21(11-15(23)20-17(2,3)4)16(24)13-6-7-14(19-10-13)22-9-8-18-12-22/h6-10,12H,5,11H2,1-4H3,(H,20,23). The van der Waals surface area contributed by atoms with E-state index in [0.717, 1.165) is 0 Å². The monoisotopic (exact) mass is 329 g/mol. The zero-order chi connectivity index (χ0) is 17.7. The fourth-order valence-corrected chi connectivity index (χ4v) is 2.20. The van der Waals surface area contributed by atoms with E-state index in [4.69, 9.17) is 0 Å². The molecule has 1 N–H and O–H groups in total. The lowest BCUT2D eigenvalue weighted by atomic mass is 10.1. The summed E-state index contributed by atoms with van der Waals surface area (Å²) in [7, 11) is 0. The van der Waals surface area contributed by atoms with Crippen LogP contribution in [0.4, 0.5) is 0 Å². The second-order valence-electron chi connectivity index (χ2n) is 6.49. The summed E-state index contributed by atoms with van der Waals surface area (Å²) in [4.78, 5) is 34.3. The average Bonchev–Trinajstić information content (AvgIpc) is 3.05. The average molecular weight is 329 g/mol. The number of imidazole rings is 1. The maximum atomic E-state index is 12.6. The third-order valence-electron chi connectivity index (χ3n) is 3.28. The zero-order valence-electron chi connectivity index (χ0n) is 14.5. The summed E-state index contributed by atoms with van der Waals surface area (Å²) in [5, 5.41) is 2.86. The van der Waals surface area contributed by atoms with Crippen LogP contribution >= 0.6 is 0 Å². The van der Waals surface area contributed by atoms with Gasteiger partial charge in [-0.2, -0.15) is 0 Å². The summed E-state index contributed by atoms with van der Waals surface area (Å²) in [6, 6.07) is 3.45. The van der Waals surface area contributed by atoms with Crippen molar-refractivity contribution in [2.45, 2.75) is 33.2 Å². The molecule has 0 spiro atoms. The Hall–Kier alpha value is -2.70. The molecular formula is C17H23N5O2. The van der Waals surface area contributed by atoms with Gasteiger partial charge in [-0.05, 0) is 39.8 Å². The highest BCUT2D eigenvalue weighted by atomic mass is 16.2. The summed E-state index contributed by atoms with van der Waals surface area (Å²) in [6.07, 6.45) is 6.59. The molecule has 0 atom stereocenters. The first-order valence-corrected chi connectivity index (χ1v) is 7.85. The van der Waals surface area contributed by atoms with Gasteiger partial charge < -0.3 is 10.2 Å². The molecule has 2 aromatic rings. The summed E-state index contributed by atoms with van der Waals surface area (Å²) in [6.45, 7) is 8.02. The van der Waals surface area contributed by atoms with Gasteiger partial charge >= 0.3 is 0 Å². The van der Waals surface area contributed by atoms with E-state index in [-0.39, 0.29) is 23.9 Å². The number of carbonyl (C=O) groups excluding carboxylic acids is 2. The molecular weight excluding hydrogens is 306 g/mol. The first-order chi connectivity index (χ1) is 11.3. The molecule has 0 bridgehead atoms. The van der Waals surface area contributed by atoms with Crippen molar-refractivity contribution in [2.24, 2.45) is 0 Å². The Labute approximate surface area is 141 Å². The molecule has 0 aliphatic rings. The Kier molecular flexibility index (Phi) is 5.33. The van der Waals surface area contributed by atoms with Crippen molar-refractivity contribution >= 4 is 11.8 Å². The number of nitrogens with one attached hydrogen (secondary N) is 1. The fourth-order valence-electron chi connectivity index (χ4n) is 2.20. The molecule has 0 saturated carbocycles. The predicted octanol–water partition coefficient (Wildman–Crippen LogP) is 1.64. The zero-order valence-corrected chi connectivity index (χ0v) is 14.5. The third-order valence-corrected chi connectivity index (χ3v) is 3.28. The summed E-state index contributed by atoms with van der Waals surface area (Å²) in [5.41, 5.74) is 0.123. The summed E-state index contributed by atoms with van der Waals surface area (Å²) >= 11 is 0. The van der Waals surface area contributed by atoms with Crippen LogP contribution < -0.4 is 5.32 Å². The van der Waals surface area contributed by atoms with Crippen molar-refractivity contribution in [3.05, 3.63) is 42.6 Å². The number of hydrogen-bond acceptors (Lipinski definition) is 4. The van der Waals surface area contributed by atoms with Crippen molar-refractivity contribution in [3.63, 3.8) is 0 Å². The van der Waals surface area contributed by atoms with E-state index in [2.05, 4.69) is 15.3 Å². The molecule has 2 rings (SSSR count).